The summed E-state index contributed by atoms with van der Waals surface area (Å²) >= 11 is 0. The van der Waals surface area contributed by atoms with Crippen molar-refractivity contribution in [1.29, 1.82) is 0 Å². The molecule has 6 heteroatoms. The minimum Gasteiger partial charge on any atom is -0.480 e. The van der Waals surface area contributed by atoms with Crippen molar-refractivity contribution in [3.63, 3.8) is 0 Å². The zero-order chi connectivity index (χ0) is 12.7. The van der Waals surface area contributed by atoms with Crippen LogP contribution in [0.3, 0.4) is 0 Å². The van der Waals surface area contributed by atoms with Gasteiger partial charge in [-0.15, -0.1) is 0 Å². The second-order valence-corrected chi connectivity index (χ2v) is 4.28. The summed E-state index contributed by atoms with van der Waals surface area (Å²) in [6.45, 7) is 3.17. The highest BCUT2D eigenvalue weighted by molar-refractivity contribution is 5.82. The summed E-state index contributed by atoms with van der Waals surface area (Å²) in [4.78, 5) is 22.0. The molecule has 1 rings (SSSR count). The van der Waals surface area contributed by atoms with Crippen LogP contribution in [0.15, 0.2) is 0 Å². The predicted octanol–water partition coefficient (Wildman–Crippen LogP) is 0.291. The fourth-order valence-electron chi connectivity index (χ4n) is 1.43. The van der Waals surface area contributed by atoms with Crippen LogP contribution in [0.2, 0.25) is 0 Å². The van der Waals surface area contributed by atoms with Crippen molar-refractivity contribution in [2.24, 2.45) is 0 Å². The Bertz CT molecular complexity index is 267. The molecule has 17 heavy (non-hydrogen) atoms. The number of aliphatic carboxylic acids is 1. The maximum atomic E-state index is 11.3. The van der Waals surface area contributed by atoms with Gasteiger partial charge < -0.3 is 21.1 Å². The lowest BCUT2D eigenvalue weighted by Crippen LogP contribution is -2.46. The van der Waals surface area contributed by atoms with Crippen LogP contribution in [0.1, 0.15) is 32.6 Å². The molecule has 0 heterocycles. The molecular weight excluding hydrogens is 222 g/mol. The first kappa shape index (κ1) is 13.8. The normalized spacial score (nSPS) is 16.3. The van der Waals surface area contributed by atoms with E-state index >= 15 is 0 Å². The fourth-order valence-corrected chi connectivity index (χ4v) is 1.43. The Balaban J connectivity index is 2.00. The monoisotopic (exact) mass is 243 g/mol. The summed E-state index contributed by atoms with van der Waals surface area (Å²) < 4.78 is 0. The molecule has 4 N–H and O–H groups in total. The quantitative estimate of drug-likeness (QED) is 0.461. The first-order valence-corrected chi connectivity index (χ1v) is 6.14. The minimum atomic E-state index is -1.00. The van der Waals surface area contributed by atoms with Crippen molar-refractivity contribution in [1.82, 2.24) is 16.0 Å². The molecule has 1 atom stereocenters. The zero-order valence-corrected chi connectivity index (χ0v) is 10.2. The summed E-state index contributed by atoms with van der Waals surface area (Å²) in [6, 6.07) is -0.537. The van der Waals surface area contributed by atoms with Gasteiger partial charge in [-0.3, -0.25) is 0 Å². The summed E-state index contributed by atoms with van der Waals surface area (Å²) in [6.07, 6.45) is 3.75. The largest absolute Gasteiger partial charge is 0.480 e. The van der Waals surface area contributed by atoms with E-state index in [4.69, 9.17) is 5.11 Å². The highest BCUT2D eigenvalue weighted by Gasteiger charge is 2.19. The van der Waals surface area contributed by atoms with Gasteiger partial charge in [0.05, 0.1) is 0 Å². The molecule has 0 aliphatic heterocycles. The lowest BCUT2D eigenvalue weighted by molar-refractivity contribution is -0.139. The van der Waals surface area contributed by atoms with E-state index in [0.29, 0.717) is 19.0 Å². The van der Waals surface area contributed by atoms with Gasteiger partial charge in [-0.1, -0.05) is 6.92 Å². The number of carboxylic acids is 1. The van der Waals surface area contributed by atoms with Crippen LogP contribution in [0, 0.1) is 0 Å². The molecule has 0 spiro atoms. The van der Waals surface area contributed by atoms with E-state index in [9.17, 15) is 9.59 Å². The van der Waals surface area contributed by atoms with Gasteiger partial charge in [0.15, 0.2) is 0 Å². The average molecular weight is 243 g/mol. The molecule has 98 valence electrons. The van der Waals surface area contributed by atoms with Gasteiger partial charge in [0.25, 0.3) is 0 Å². The van der Waals surface area contributed by atoms with E-state index in [1.807, 2.05) is 0 Å². The summed E-state index contributed by atoms with van der Waals surface area (Å²) in [5.74, 6) is -1.00. The lowest BCUT2D eigenvalue weighted by atomic mass is 10.2. The lowest BCUT2D eigenvalue weighted by Gasteiger charge is -2.13. The summed E-state index contributed by atoms with van der Waals surface area (Å²) in [5, 5.41) is 17.1. The van der Waals surface area contributed by atoms with Gasteiger partial charge in [0, 0.05) is 12.6 Å². The number of carbonyl (C=O) groups excluding carboxylic acids is 1. The Morgan fingerprint density at radius 1 is 1.35 bits per heavy atom. The van der Waals surface area contributed by atoms with Gasteiger partial charge in [-0.25, -0.2) is 9.59 Å². The average Bonchev–Trinajstić information content (AvgIpc) is 3.09. The molecular formula is C11H21N3O3. The third kappa shape index (κ3) is 6.11. The topological polar surface area (TPSA) is 90.5 Å². The van der Waals surface area contributed by atoms with Crippen LogP contribution in [0.4, 0.5) is 4.79 Å². The number of hydrogen-bond donors (Lipinski definition) is 4. The Morgan fingerprint density at radius 2 is 2.06 bits per heavy atom. The van der Waals surface area contributed by atoms with Crippen molar-refractivity contribution in [3.8, 4) is 0 Å². The highest BCUT2D eigenvalue weighted by atomic mass is 16.4. The summed E-state index contributed by atoms with van der Waals surface area (Å²) in [7, 11) is 0. The van der Waals surface area contributed by atoms with E-state index < -0.39 is 18.0 Å². The zero-order valence-electron chi connectivity index (χ0n) is 10.2. The molecule has 1 fully saturated rings. The number of rotatable bonds is 8. The van der Waals surface area contributed by atoms with E-state index in [1.54, 1.807) is 6.92 Å². The van der Waals surface area contributed by atoms with E-state index in [-0.39, 0.29) is 0 Å². The summed E-state index contributed by atoms with van der Waals surface area (Å²) in [5.41, 5.74) is 0. The second kappa shape index (κ2) is 7.11. The maximum Gasteiger partial charge on any atom is 0.326 e. The maximum absolute atomic E-state index is 11.3. The number of amides is 2. The smallest absolute Gasteiger partial charge is 0.326 e. The molecule has 0 aromatic heterocycles. The molecule has 0 saturated heterocycles. The van der Waals surface area contributed by atoms with Crippen LogP contribution in [-0.4, -0.2) is 42.3 Å². The van der Waals surface area contributed by atoms with E-state index in [2.05, 4.69) is 16.0 Å². The molecule has 1 aliphatic rings. The van der Waals surface area contributed by atoms with Crippen molar-refractivity contribution >= 4 is 12.0 Å². The van der Waals surface area contributed by atoms with Crippen LogP contribution in [-0.2, 0) is 4.79 Å². The van der Waals surface area contributed by atoms with Gasteiger partial charge >= 0.3 is 12.0 Å². The van der Waals surface area contributed by atoms with Gasteiger partial charge in [-0.05, 0) is 32.2 Å². The Kier molecular flexibility index (Phi) is 5.76. The second-order valence-electron chi connectivity index (χ2n) is 4.28. The Morgan fingerprint density at radius 3 is 2.59 bits per heavy atom. The molecule has 0 radical (unpaired) electrons. The first-order chi connectivity index (χ1) is 8.13. The Hall–Kier alpha value is -1.30. The van der Waals surface area contributed by atoms with Crippen LogP contribution < -0.4 is 16.0 Å². The van der Waals surface area contributed by atoms with Crippen LogP contribution in [0.25, 0.3) is 0 Å². The van der Waals surface area contributed by atoms with Gasteiger partial charge in [-0.2, -0.15) is 0 Å². The first-order valence-electron chi connectivity index (χ1n) is 6.14. The van der Waals surface area contributed by atoms with Gasteiger partial charge in [0.1, 0.15) is 6.04 Å². The standard InChI is InChI=1S/C11H21N3O3/c1-2-9(10(15)16)14-11(17)13-7-3-6-12-8-4-5-8/h8-9,12H,2-7H2,1H3,(H,15,16)(H2,13,14,17). The fraction of sp³-hybridized carbons (Fsp3) is 0.818. The van der Waals surface area contributed by atoms with Crippen LogP contribution >= 0.6 is 0 Å². The molecule has 0 bridgehead atoms. The molecule has 0 aromatic carbocycles. The van der Waals surface area contributed by atoms with Gasteiger partial charge in [0.2, 0.25) is 0 Å². The predicted molar refractivity (Wildman–Crippen MR) is 63.9 cm³/mol. The van der Waals surface area contributed by atoms with Crippen LogP contribution in [0.5, 0.6) is 0 Å². The van der Waals surface area contributed by atoms with E-state index in [0.717, 1.165) is 13.0 Å². The SMILES string of the molecule is CCC(NC(=O)NCCCNC1CC1)C(=O)O. The van der Waals surface area contributed by atoms with Crippen molar-refractivity contribution < 1.29 is 14.7 Å². The minimum absolute atomic E-state index is 0.381. The molecule has 0 aromatic rings. The molecule has 2 amide bonds. The Labute approximate surface area is 101 Å². The third-order valence-electron chi connectivity index (χ3n) is 2.66. The van der Waals surface area contributed by atoms with Crippen molar-refractivity contribution in [2.75, 3.05) is 13.1 Å². The number of nitrogens with one attached hydrogen (secondary N) is 3. The third-order valence-corrected chi connectivity index (χ3v) is 2.66. The van der Waals surface area contributed by atoms with E-state index in [1.165, 1.54) is 12.8 Å². The molecule has 1 aliphatic carbocycles. The number of carbonyl (C=O) groups is 2. The molecule has 1 unspecified atom stereocenters. The highest BCUT2D eigenvalue weighted by Crippen LogP contribution is 2.18. The molecule has 1 saturated carbocycles. The number of hydrogen-bond acceptors (Lipinski definition) is 3. The van der Waals surface area contributed by atoms with Crippen molar-refractivity contribution in [2.45, 2.75) is 44.7 Å². The number of urea groups is 1. The number of carboxylic acid groups (broad SMARTS) is 1. The molecule has 6 nitrogen and oxygen atoms in total. The van der Waals surface area contributed by atoms with Crippen molar-refractivity contribution in [3.05, 3.63) is 0 Å².